The Bertz CT molecular complexity index is 983. The van der Waals surface area contributed by atoms with Gasteiger partial charge < -0.3 is 4.74 Å². The van der Waals surface area contributed by atoms with Gasteiger partial charge in [-0.15, -0.1) is 5.10 Å². The molecule has 11 heteroatoms. The molecule has 0 saturated carbocycles. The number of hydrogen-bond donors (Lipinski definition) is 1. The van der Waals surface area contributed by atoms with Crippen molar-refractivity contribution in [1.29, 1.82) is 0 Å². The number of ether oxygens (including phenoxy) is 1. The van der Waals surface area contributed by atoms with E-state index in [4.69, 9.17) is 4.74 Å². The normalized spacial score (nSPS) is 11.1. The van der Waals surface area contributed by atoms with Crippen molar-refractivity contribution < 1.29 is 14.5 Å². The van der Waals surface area contributed by atoms with Crippen LogP contribution in [0.15, 0.2) is 60.0 Å². The molecular formula is C17H15N7O4. The Balaban J connectivity index is 1.52. The summed E-state index contributed by atoms with van der Waals surface area (Å²) in [6.07, 6.45) is 1.49. The zero-order chi connectivity index (χ0) is 19.9. The predicted molar refractivity (Wildman–Crippen MR) is 98.1 cm³/mol. The van der Waals surface area contributed by atoms with E-state index in [1.807, 2.05) is 24.3 Å². The summed E-state index contributed by atoms with van der Waals surface area (Å²) in [5.74, 6) is -0.109. The van der Waals surface area contributed by atoms with Crippen molar-refractivity contribution in [2.75, 3.05) is 6.61 Å². The maximum Gasteiger partial charge on any atom is 0.277 e. The summed E-state index contributed by atoms with van der Waals surface area (Å²) in [4.78, 5) is 21.9. The van der Waals surface area contributed by atoms with Crippen molar-refractivity contribution in [3.63, 3.8) is 0 Å². The monoisotopic (exact) mass is 381 g/mol. The first-order valence-corrected chi connectivity index (χ1v) is 8.07. The number of benzene rings is 2. The molecule has 3 aromatic rings. The zero-order valence-corrected chi connectivity index (χ0v) is 14.7. The molecule has 1 heterocycles. The fourth-order valence-electron chi connectivity index (χ4n) is 2.19. The van der Waals surface area contributed by atoms with Gasteiger partial charge in [0.05, 0.1) is 16.3 Å². The first kappa shape index (κ1) is 18.6. The van der Waals surface area contributed by atoms with Crippen LogP contribution in [0.3, 0.4) is 0 Å². The van der Waals surface area contributed by atoms with Crippen LogP contribution in [-0.4, -0.2) is 43.4 Å². The Morgan fingerprint density at radius 2 is 1.93 bits per heavy atom. The summed E-state index contributed by atoms with van der Waals surface area (Å²) < 4.78 is 6.79. The van der Waals surface area contributed by atoms with E-state index < -0.39 is 10.8 Å². The Hall–Kier alpha value is -4.15. The van der Waals surface area contributed by atoms with E-state index in [1.54, 1.807) is 6.92 Å². The number of rotatable bonds is 7. The summed E-state index contributed by atoms with van der Waals surface area (Å²) in [5, 5.41) is 25.6. The number of tetrazole rings is 1. The first-order chi connectivity index (χ1) is 13.5. The van der Waals surface area contributed by atoms with Crippen molar-refractivity contribution in [2.24, 2.45) is 5.10 Å². The summed E-state index contributed by atoms with van der Waals surface area (Å²) in [7, 11) is 0. The number of non-ortho nitro benzene ring substituents is 1. The van der Waals surface area contributed by atoms with Crippen molar-refractivity contribution in [1.82, 2.24) is 25.6 Å². The van der Waals surface area contributed by atoms with E-state index in [0.717, 1.165) is 11.3 Å². The second kappa shape index (κ2) is 8.49. The Morgan fingerprint density at radius 1 is 1.21 bits per heavy atom. The van der Waals surface area contributed by atoms with Gasteiger partial charge in [-0.3, -0.25) is 14.9 Å². The number of carbonyl (C=O) groups excluding carboxylic acids is 1. The van der Waals surface area contributed by atoms with Gasteiger partial charge in [0, 0.05) is 12.1 Å². The van der Waals surface area contributed by atoms with Gasteiger partial charge in [0.2, 0.25) is 0 Å². The number of hydrazone groups is 1. The molecule has 0 unspecified atom stereocenters. The highest BCUT2D eigenvalue weighted by Gasteiger charge is 2.07. The van der Waals surface area contributed by atoms with Gasteiger partial charge in [-0.05, 0) is 47.2 Å². The molecule has 1 aromatic heterocycles. The average Bonchev–Trinajstić information content (AvgIpc) is 3.25. The van der Waals surface area contributed by atoms with Gasteiger partial charge in [0.25, 0.3) is 11.6 Å². The fourth-order valence-corrected chi connectivity index (χ4v) is 2.19. The Labute approximate surface area is 158 Å². The van der Waals surface area contributed by atoms with Crippen LogP contribution in [0.4, 0.5) is 5.69 Å². The van der Waals surface area contributed by atoms with Gasteiger partial charge in [-0.1, -0.05) is 12.1 Å². The third-order valence-electron chi connectivity index (χ3n) is 3.66. The molecule has 3 rings (SSSR count). The molecule has 2 aromatic carbocycles. The quantitative estimate of drug-likeness (QED) is 0.372. The van der Waals surface area contributed by atoms with Crippen molar-refractivity contribution in [3.8, 4) is 11.4 Å². The SMILES string of the molecule is C/C(=N\NC(=O)COc1ccc([N+](=O)[O-])cc1)c1ccc(-n2cnnn2)cc1. The molecule has 0 aliphatic rings. The molecule has 0 atom stereocenters. The molecule has 28 heavy (non-hydrogen) atoms. The molecular weight excluding hydrogens is 366 g/mol. The van der Waals surface area contributed by atoms with E-state index in [-0.39, 0.29) is 12.3 Å². The lowest BCUT2D eigenvalue weighted by Gasteiger charge is -2.06. The molecule has 0 spiro atoms. The molecule has 11 nitrogen and oxygen atoms in total. The number of hydrogen-bond acceptors (Lipinski definition) is 8. The number of nitro groups is 1. The van der Waals surface area contributed by atoms with E-state index in [2.05, 4.69) is 26.1 Å². The number of aromatic nitrogens is 4. The van der Waals surface area contributed by atoms with E-state index in [1.165, 1.54) is 35.3 Å². The molecule has 0 radical (unpaired) electrons. The van der Waals surface area contributed by atoms with Gasteiger partial charge in [-0.25, -0.2) is 10.1 Å². The van der Waals surface area contributed by atoms with E-state index >= 15 is 0 Å². The standard InChI is InChI=1S/C17H15N7O4/c1-12(13-2-4-14(5-3-13)23-11-18-21-22-23)19-20-17(25)10-28-16-8-6-15(7-9-16)24(26)27/h2-9,11H,10H2,1H3,(H,20,25)/b19-12+. The van der Waals surface area contributed by atoms with Crippen LogP contribution in [0.5, 0.6) is 5.75 Å². The second-order valence-electron chi connectivity index (χ2n) is 5.57. The van der Waals surface area contributed by atoms with Crippen LogP contribution in [-0.2, 0) is 4.79 Å². The maximum atomic E-state index is 11.9. The number of amides is 1. The number of nitro benzene ring substituents is 1. The minimum absolute atomic E-state index is 0.0527. The number of carbonyl (C=O) groups is 1. The van der Waals surface area contributed by atoms with Crippen molar-refractivity contribution in [2.45, 2.75) is 6.92 Å². The molecule has 1 amide bonds. The van der Waals surface area contributed by atoms with Crippen LogP contribution in [0.25, 0.3) is 5.69 Å². The fraction of sp³-hybridized carbons (Fsp3) is 0.118. The van der Waals surface area contributed by atoms with Gasteiger partial charge in [0.1, 0.15) is 12.1 Å². The third-order valence-corrected chi connectivity index (χ3v) is 3.66. The minimum Gasteiger partial charge on any atom is -0.484 e. The van der Waals surface area contributed by atoms with Gasteiger partial charge in [0.15, 0.2) is 6.61 Å². The Kier molecular flexibility index (Phi) is 5.65. The van der Waals surface area contributed by atoms with Crippen LogP contribution >= 0.6 is 0 Å². The predicted octanol–water partition coefficient (Wildman–Crippen LogP) is 1.49. The zero-order valence-electron chi connectivity index (χ0n) is 14.7. The molecule has 0 aliphatic heterocycles. The summed E-state index contributed by atoms with van der Waals surface area (Å²) in [6.45, 7) is 1.48. The van der Waals surface area contributed by atoms with Crippen LogP contribution in [0.1, 0.15) is 12.5 Å². The molecule has 0 fully saturated rings. The molecule has 0 bridgehead atoms. The number of nitrogens with zero attached hydrogens (tertiary/aromatic N) is 6. The van der Waals surface area contributed by atoms with E-state index in [0.29, 0.717) is 11.5 Å². The van der Waals surface area contributed by atoms with Crippen LogP contribution in [0, 0.1) is 10.1 Å². The highest BCUT2D eigenvalue weighted by Crippen LogP contribution is 2.17. The average molecular weight is 381 g/mol. The third kappa shape index (κ3) is 4.72. The molecule has 0 aliphatic carbocycles. The highest BCUT2D eigenvalue weighted by atomic mass is 16.6. The van der Waals surface area contributed by atoms with Crippen molar-refractivity contribution >= 4 is 17.3 Å². The van der Waals surface area contributed by atoms with Gasteiger partial charge in [-0.2, -0.15) is 5.10 Å². The Morgan fingerprint density at radius 3 is 2.54 bits per heavy atom. The summed E-state index contributed by atoms with van der Waals surface area (Å²) in [5.41, 5.74) is 4.56. The smallest absolute Gasteiger partial charge is 0.277 e. The molecule has 0 saturated heterocycles. The number of nitrogens with one attached hydrogen (secondary N) is 1. The maximum absolute atomic E-state index is 11.9. The minimum atomic E-state index is -0.511. The topological polar surface area (TPSA) is 137 Å². The molecule has 1 N–H and O–H groups in total. The second-order valence-corrected chi connectivity index (χ2v) is 5.57. The lowest BCUT2D eigenvalue weighted by Crippen LogP contribution is -2.25. The largest absolute Gasteiger partial charge is 0.484 e. The summed E-state index contributed by atoms with van der Waals surface area (Å²) >= 11 is 0. The van der Waals surface area contributed by atoms with Crippen LogP contribution in [0.2, 0.25) is 0 Å². The molecule has 142 valence electrons. The first-order valence-electron chi connectivity index (χ1n) is 8.07. The van der Waals surface area contributed by atoms with E-state index in [9.17, 15) is 14.9 Å². The van der Waals surface area contributed by atoms with Crippen molar-refractivity contribution in [3.05, 3.63) is 70.5 Å². The van der Waals surface area contributed by atoms with Gasteiger partial charge >= 0.3 is 0 Å². The lowest BCUT2D eigenvalue weighted by atomic mass is 10.1. The highest BCUT2D eigenvalue weighted by molar-refractivity contribution is 5.99. The lowest BCUT2D eigenvalue weighted by molar-refractivity contribution is -0.384. The summed E-state index contributed by atoms with van der Waals surface area (Å²) in [6, 6.07) is 12.8. The van der Waals surface area contributed by atoms with Crippen LogP contribution < -0.4 is 10.2 Å².